The maximum absolute atomic E-state index is 5.36. The largest absolute Gasteiger partial charge is 0.493 e. The van der Waals surface area contributed by atoms with Gasteiger partial charge in [0, 0.05) is 12.7 Å². The number of rotatable bonds is 8. The Morgan fingerprint density at radius 1 is 1.00 bits per heavy atom. The van der Waals surface area contributed by atoms with Crippen molar-refractivity contribution in [2.24, 2.45) is 4.99 Å². The summed E-state index contributed by atoms with van der Waals surface area (Å²) in [6, 6.07) is 17.9. The highest BCUT2D eigenvalue weighted by molar-refractivity contribution is 14.0. The second-order valence-electron chi connectivity index (χ2n) is 6.33. The van der Waals surface area contributed by atoms with Gasteiger partial charge in [-0.25, -0.2) is 9.67 Å². The number of ether oxygens (including phenoxy) is 2. The highest BCUT2D eigenvalue weighted by Gasteiger charge is 2.06. The van der Waals surface area contributed by atoms with Crippen molar-refractivity contribution in [1.82, 2.24) is 20.4 Å². The number of aromatic nitrogens is 2. The Morgan fingerprint density at radius 3 is 2.47 bits per heavy atom. The van der Waals surface area contributed by atoms with Crippen molar-refractivity contribution in [3.05, 3.63) is 72.1 Å². The Bertz CT molecular complexity index is 944. The molecule has 160 valence electrons. The van der Waals surface area contributed by atoms with Gasteiger partial charge in [-0.1, -0.05) is 24.3 Å². The van der Waals surface area contributed by atoms with Crippen LogP contribution in [-0.2, 0) is 13.1 Å². The van der Waals surface area contributed by atoms with Crippen molar-refractivity contribution in [2.75, 3.05) is 20.8 Å². The molecular weight excluding hydrogens is 493 g/mol. The molecule has 0 amide bonds. The van der Waals surface area contributed by atoms with E-state index < -0.39 is 0 Å². The molecule has 0 unspecified atom stereocenters. The van der Waals surface area contributed by atoms with Crippen LogP contribution in [0.5, 0.6) is 11.5 Å². The van der Waals surface area contributed by atoms with Crippen LogP contribution < -0.4 is 20.1 Å². The molecule has 8 heteroatoms. The predicted molar refractivity (Wildman–Crippen MR) is 130 cm³/mol. The first-order valence-electron chi connectivity index (χ1n) is 9.56. The molecule has 30 heavy (non-hydrogen) atoms. The zero-order valence-corrected chi connectivity index (χ0v) is 19.8. The fraction of sp³-hybridized carbons (Fsp3) is 0.273. The van der Waals surface area contributed by atoms with Crippen LogP contribution in [0.3, 0.4) is 0 Å². The Kier molecular flexibility index (Phi) is 9.46. The van der Waals surface area contributed by atoms with Gasteiger partial charge >= 0.3 is 0 Å². The monoisotopic (exact) mass is 521 g/mol. The van der Waals surface area contributed by atoms with Crippen molar-refractivity contribution < 1.29 is 9.47 Å². The van der Waals surface area contributed by atoms with Crippen LogP contribution in [0.2, 0.25) is 0 Å². The molecule has 0 saturated carbocycles. The number of hydrogen-bond donors (Lipinski definition) is 2. The summed E-state index contributed by atoms with van der Waals surface area (Å²) < 4.78 is 12.5. The number of hydrogen-bond acceptors (Lipinski definition) is 4. The van der Waals surface area contributed by atoms with Gasteiger partial charge in [-0.3, -0.25) is 0 Å². The van der Waals surface area contributed by atoms with Crippen LogP contribution in [-0.4, -0.2) is 36.5 Å². The van der Waals surface area contributed by atoms with E-state index in [-0.39, 0.29) is 24.0 Å². The summed E-state index contributed by atoms with van der Waals surface area (Å²) in [7, 11) is 3.26. The first-order chi connectivity index (χ1) is 14.2. The summed E-state index contributed by atoms with van der Waals surface area (Å²) in [5.41, 5.74) is 3.01. The standard InChI is InChI=1S/C22H27N5O2.HI/c1-4-23-22(24-15-17-10-11-20(28-2)21(14-17)29-3)25-16-18-12-13-27(26-18)19-8-6-5-7-9-19;/h5-14H,4,15-16H2,1-3H3,(H2,23,24,25);1H. The van der Waals surface area contributed by atoms with Gasteiger partial charge in [0.1, 0.15) is 0 Å². The van der Waals surface area contributed by atoms with Gasteiger partial charge in [0.05, 0.1) is 38.7 Å². The Morgan fingerprint density at radius 2 is 1.77 bits per heavy atom. The molecule has 3 rings (SSSR count). The van der Waals surface area contributed by atoms with Crippen molar-refractivity contribution in [1.29, 1.82) is 0 Å². The Hall–Kier alpha value is -2.75. The number of nitrogens with zero attached hydrogens (tertiary/aromatic N) is 3. The Balaban J connectivity index is 0.00000320. The van der Waals surface area contributed by atoms with Crippen LogP contribution in [0.4, 0.5) is 0 Å². The summed E-state index contributed by atoms with van der Waals surface area (Å²) in [6.45, 7) is 3.92. The predicted octanol–water partition coefficient (Wildman–Crippen LogP) is 3.76. The lowest BCUT2D eigenvalue weighted by atomic mass is 10.2. The van der Waals surface area contributed by atoms with Crippen LogP contribution >= 0.6 is 24.0 Å². The molecular formula is C22H28IN5O2. The molecule has 3 aromatic rings. The van der Waals surface area contributed by atoms with Gasteiger partial charge < -0.3 is 20.1 Å². The zero-order chi connectivity index (χ0) is 20.5. The maximum Gasteiger partial charge on any atom is 0.191 e. The van der Waals surface area contributed by atoms with Gasteiger partial charge in [0.15, 0.2) is 17.5 Å². The highest BCUT2D eigenvalue weighted by Crippen LogP contribution is 2.27. The van der Waals surface area contributed by atoms with E-state index in [2.05, 4.69) is 20.7 Å². The van der Waals surface area contributed by atoms with Gasteiger partial charge in [-0.05, 0) is 42.8 Å². The lowest BCUT2D eigenvalue weighted by Crippen LogP contribution is -2.36. The molecule has 2 N–H and O–H groups in total. The van der Waals surface area contributed by atoms with Crippen molar-refractivity contribution in [3.8, 4) is 17.2 Å². The fourth-order valence-corrected chi connectivity index (χ4v) is 2.85. The molecule has 0 aliphatic carbocycles. The number of nitrogens with one attached hydrogen (secondary N) is 2. The number of aliphatic imine (C=N–C) groups is 1. The summed E-state index contributed by atoms with van der Waals surface area (Å²) in [4.78, 5) is 4.66. The maximum atomic E-state index is 5.36. The molecule has 0 saturated heterocycles. The number of halogens is 1. The van der Waals surface area contributed by atoms with E-state index in [4.69, 9.17) is 9.47 Å². The SMILES string of the molecule is CCNC(=NCc1ccc(OC)c(OC)c1)NCc1ccn(-c2ccccc2)n1.I. The van der Waals surface area contributed by atoms with E-state index >= 15 is 0 Å². The first kappa shape index (κ1) is 23.5. The van der Waals surface area contributed by atoms with Crippen LogP contribution in [0, 0.1) is 0 Å². The minimum atomic E-state index is 0. The lowest BCUT2D eigenvalue weighted by Gasteiger charge is -2.11. The third-order valence-electron chi connectivity index (χ3n) is 4.31. The second-order valence-corrected chi connectivity index (χ2v) is 6.33. The van der Waals surface area contributed by atoms with Gasteiger partial charge in [0.25, 0.3) is 0 Å². The second kappa shape index (κ2) is 12.1. The molecule has 1 aromatic heterocycles. The van der Waals surface area contributed by atoms with E-state index in [0.717, 1.165) is 29.4 Å². The Labute approximate surface area is 194 Å². The zero-order valence-electron chi connectivity index (χ0n) is 17.5. The van der Waals surface area contributed by atoms with E-state index in [9.17, 15) is 0 Å². The minimum absolute atomic E-state index is 0. The summed E-state index contributed by atoms with van der Waals surface area (Å²) in [6.07, 6.45) is 1.96. The molecule has 0 bridgehead atoms. The van der Waals surface area contributed by atoms with Gasteiger partial charge in [-0.2, -0.15) is 5.10 Å². The molecule has 1 heterocycles. The van der Waals surface area contributed by atoms with Crippen LogP contribution in [0.25, 0.3) is 5.69 Å². The van der Waals surface area contributed by atoms with Crippen LogP contribution in [0.15, 0.2) is 65.8 Å². The highest BCUT2D eigenvalue weighted by atomic mass is 127. The van der Waals surface area contributed by atoms with Crippen molar-refractivity contribution in [3.63, 3.8) is 0 Å². The number of benzene rings is 2. The first-order valence-corrected chi connectivity index (χ1v) is 9.56. The number of para-hydroxylation sites is 1. The molecule has 0 aliphatic rings. The summed E-state index contributed by atoms with van der Waals surface area (Å²) in [5.74, 6) is 2.14. The summed E-state index contributed by atoms with van der Waals surface area (Å²) in [5, 5.41) is 11.2. The third-order valence-corrected chi connectivity index (χ3v) is 4.31. The lowest BCUT2D eigenvalue weighted by molar-refractivity contribution is 0.354. The van der Waals surface area contributed by atoms with Gasteiger partial charge in [-0.15, -0.1) is 24.0 Å². The van der Waals surface area contributed by atoms with E-state index in [1.54, 1.807) is 14.2 Å². The molecule has 0 spiro atoms. The van der Waals surface area contributed by atoms with Crippen molar-refractivity contribution in [2.45, 2.75) is 20.0 Å². The normalized spacial score (nSPS) is 10.8. The van der Waals surface area contributed by atoms with Crippen molar-refractivity contribution >= 4 is 29.9 Å². The van der Waals surface area contributed by atoms with E-state index in [0.29, 0.717) is 24.6 Å². The topological polar surface area (TPSA) is 72.7 Å². The van der Waals surface area contributed by atoms with E-state index in [1.807, 2.05) is 72.4 Å². The fourth-order valence-electron chi connectivity index (χ4n) is 2.85. The molecule has 2 aromatic carbocycles. The average molecular weight is 521 g/mol. The smallest absolute Gasteiger partial charge is 0.191 e. The molecule has 0 aliphatic heterocycles. The molecule has 0 radical (unpaired) electrons. The number of guanidine groups is 1. The average Bonchev–Trinajstić information content (AvgIpc) is 3.25. The van der Waals surface area contributed by atoms with Crippen LogP contribution in [0.1, 0.15) is 18.2 Å². The van der Waals surface area contributed by atoms with Gasteiger partial charge in [0.2, 0.25) is 0 Å². The number of methoxy groups -OCH3 is 2. The van der Waals surface area contributed by atoms with E-state index in [1.165, 1.54) is 0 Å². The molecule has 7 nitrogen and oxygen atoms in total. The minimum Gasteiger partial charge on any atom is -0.493 e. The quantitative estimate of drug-likeness (QED) is 0.269. The molecule has 0 atom stereocenters. The third kappa shape index (κ3) is 6.38. The molecule has 0 fully saturated rings. The summed E-state index contributed by atoms with van der Waals surface area (Å²) >= 11 is 0.